The molecule has 8 heteroatoms. The van der Waals surface area contributed by atoms with E-state index in [4.69, 9.17) is 11.6 Å². The van der Waals surface area contributed by atoms with Crippen LogP contribution in [-0.4, -0.2) is 52.0 Å². The molecule has 142 valence electrons. The molecule has 0 radical (unpaired) electrons. The molecule has 1 aliphatic heterocycles. The molecule has 26 heavy (non-hydrogen) atoms. The first-order chi connectivity index (χ1) is 12.3. The Hall–Kier alpha value is -1.73. The van der Waals surface area contributed by atoms with E-state index in [1.165, 1.54) is 16.7 Å². The summed E-state index contributed by atoms with van der Waals surface area (Å²) in [5.74, 6) is -0.556. The summed E-state index contributed by atoms with van der Waals surface area (Å²) >= 11 is 7.35. The van der Waals surface area contributed by atoms with Gasteiger partial charge < -0.3 is 15.3 Å². The van der Waals surface area contributed by atoms with Crippen LogP contribution in [0.2, 0.25) is 5.02 Å². The van der Waals surface area contributed by atoms with Gasteiger partial charge in [0.2, 0.25) is 5.91 Å². The van der Waals surface area contributed by atoms with Crippen molar-refractivity contribution in [3.05, 3.63) is 34.9 Å². The third kappa shape index (κ3) is 4.32. The smallest absolute Gasteiger partial charge is 0.311 e. The van der Waals surface area contributed by atoms with Crippen LogP contribution in [-0.2, 0) is 9.59 Å². The van der Waals surface area contributed by atoms with E-state index in [2.05, 4.69) is 5.32 Å². The van der Waals surface area contributed by atoms with Crippen molar-refractivity contribution in [1.29, 1.82) is 0 Å². The number of carboxylic acid groups (broad SMARTS) is 1. The number of amides is 2. The SMILES string of the molecule is CCC(CC)(CNC(=O)C1CSCN1C(=O)c1ccc(Cl)cc1)C(=O)O. The summed E-state index contributed by atoms with van der Waals surface area (Å²) in [7, 11) is 0. The molecule has 1 aromatic carbocycles. The summed E-state index contributed by atoms with van der Waals surface area (Å²) in [5.41, 5.74) is -0.511. The molecule has 2 N–H and O–H groups in total. The Morgan fingerprint density at radius 3 is 2.42 bits per heavy atom. The Balaban J connectivity index is 2.07. The van der Waals surface area contributed by atoms with Crippen molar-refractivity contribution >= 4 is 41.1 Å². The third-order valence-electron chi connectivity index (χ3n) is 4.95. The van der Waals surface area contributed by atoms with Crippen LogP contribution in [0.25, 0.3) is 0 Å². The largest absolute Gasteiger partial charge is 0.481 e. The summed E-state index contributed by atoms with van der Waals surface area (Å²) in [6.45, 7) is 3.65. The number of carbonyl (C=O) groups excluding carboxylic acids is 2. The molecule has 2 rings (SSSR count). The number of nitrogens with one attached hydrogen (secondary N) is 1. The molecular weight excluding hydrogens is 376 g/mol. The highest BCUT2D eigenvalue weighted by Crippen LogP contribution is 2.27. The van der Waals surface area contributed by atoms with Gasteiger partial charge in [0.25, 0.3) is 5.91 Å². The van der Waals surface area contributed by atoms with Gasteiger partial charge in [-0.05, 0) is 37.1 Å². The predicted octanol–water partition coefficient (Wildman–Crippen LogP) is 2.86. The lowest BCUT2D eigenvalue weighted by Gasteiger charge is -2.29. The zero-order chi connectivity index (χ0) is 19.3. The number of carbonyl (C=O) groups is 3. The van der Waals surface area contributed by atoms with Crippen LogP contribution >= 0.6 is 23.4 Å². The van der Waals surface area contributed by atoms with Gasteiger partial charge in [-0.3, -0.25) is 14.4 Å². The van der Waals surface area contributed by atoms with Gasteiger partial charge in [0.15, 0.2) is 0 Å². The van der Waals surface area contributed by atoms with Crippen LogP contribution in [0.3, 0.4) is 0 Å². The lowest BCUT2D eigenvalue weighted by Crippen LogP contribution is -2.50. The first kappa shape index (κ1) is 20.6. The number of thioether (sulfide) groups is 1. The highest BCUT2D eigenvalue weighted by atomic mass is 35.5. The normalized spacial score (nSPS) is 17.2. The lowest BCUT2D eigenvalue weighted by molar-refractivity contribution is -0.149. The number of hydrogen-bond acceptors (Lipinski definition) is 4. The molecule has 0 saturated carbocycles. The molecule has 1 atom stereocenters. The minimum absolute atomic E-state index is 0.0539. The van der Waals surface area contributed by atoms with Gasteiger partial charge in [-0.15, -0.1) is 11.8 Å². The molecule has 1 saturated heterocycles. The van der Waals surface area contributed by atoms with Crippen LogP contribution in [0.15, 0.2) is 24.3 Å². The van der Waals surface area contributed by atoms with E-state index < -0.39 is 17.4 Å². The van der Waals surface area contributed by atoms with Crippen molar-refractivity contribution in [2.24, 2.45) is 5.41 Å². The van der Waals surface area contributed by atoms with Crippen molar-refractivity contribution < 1.29 is 19.5 Å². The fraction of sp³-hybridized carbons (Fsp3) is 0.500. The highest BCUT2D eigenvalue weighted by molar-refractivity contribution is 7.99. The van der Waals surface area contributed by atoms with Gasteiger partial charge in [0.1, 0.15) is 6.04 Å². The number of aliphatic carboxylic acids is 1. The van der Waals surface area contributed by atoms with E-state index >= 15 is 0 Å². The maximum absolute atomic E-state index is 12.7. The van der Waals surface area contributed by atoms with E-state index in [1.807, 2.05) is 0 Å². The number of carboxylic acids is 1. The van der Waals surface area contributed by atoms with Crippen molar-refractivity contribution in [2.45, 2.75) is 32.7 Å². The second-order valence-electron chi connectivity index (χ2n) is 6.31. The second kappa shape index (κ2) is 8.77. The number of halogens is 1. The Morgan fingerprint density at radius 2 is 1.88 bits per heavy atom. The zero-order valence-electron chi connectivity index (χ0n) is 14.8. The summed E-state index contributed by atoms with van der Waals surface area (Å²) < 4.78 is 0. The summed E-state index contributed by atoms with van der Waals surface area (Å²) in [6.07, 6.45) is 0.845. The van der Waals surface area contributed by atoms with Gasteiger partial charge in [0.05, 0.1) is 11.3 Å². The molecule has 0 aliphatic carbocycles. The fourth-order valence-corrected chi connectivity index (χ4v) is 4.15. The average molecular weight is 399 g/mol. The standard InChI is InChI=1S/C18H23ClN2O4S/c1-3-18(4-2,17(24)25)10-20-15(22)14-9-26-11-21(14)16(23)12-5-7-13(19)8-6-12/h5-8,14H,3-4,9-11H2,1-2H3,(H,20,22)(H,24,25). The van der Waals surface area contributed by atoms with Crippen LogP contribution < -0.4 is 5.32 Å². The minimum Gasteiger partial charge on any atom is -0.481 e. The zero-order valence-corrected chi connectivity index (χ0v) is 16.4. The number of rotatable bonds is 7. The molecule has 1 heterocycles. The average Bonchev–Trinajstić information content (AvgIpc) is 3.12. The van der Waals surface area contributed by atoms with Crippen LogP contribution in [0, 0.1) is 5.41 Å². The topological polar surface area (TPSA) is 86.7 Å². The van der Waals surface area contributed by atoms with Crippen molar-refractivity contribution in [3.8, 4) is 0 Å². The third-order valence-corrected chi connectivity index (χ3v) is 6.21. The summed E-state index contributed by atoms with van der Waals surface area (Å²) in [6, 6.07) is 5.93. The fourth-order valence-electron chi connectivity index (χ4n) is 2.87. The molecule has 0 spiro atoms. The molecule has 6 nitrogen and oxygen atoms in total. The van der Waals surface area contributed by atoms with Crippen LogP contribution in [0.5, 0.6) is 0 Å². The molecule has 1 aliphatic rings. The monoisotopic (exact) mass is 398 g/mol. The van der Waals surface area contributed by atoms with Gasteiger partial charge in [-0.2, -0.15) is 0 Å². The van der Waals surface area contributed by atoms with E-state index in [0.29, 0.717) is 35.1 Å². The van der Waals surface area contributed by atoms with Crippen LogP contribution in [0.1, 0.15) is 37.0 Å². The molecule has 1 aromatic rings. The highest BCUT2D eigenvalue weighted by Gasteiger charge is 2.39. The molecule has 0 bridgehead atoms. The predicted molar refractivity (Wildman–Crippen MR) is 102 cm³/mol. The van der Waals surface area contributed by atoms with Gasteiger partial charge in [-0.1, -0.05) is 25.4 Å². The Labute approximate surface area is 162 Å². The Kier molecular flexibility index (Phi) is 6.94. The molecule has 2 amide bonds. The summed E-state index contributed by atoms with van der Waals surface area (Å²) in [5, 5.41) is 12.8. The minimum atomic E-state index is -0.980. The summed E-state index contributed by atoms with van der Waals surface area (Å²) in [4.78, 5) is 38.4. The quantitative estimate of drug-likeness (QED) is 0.737. The second-order valence-corrected chi connectivity index (χ2v) is 7.74. The van der Waals surface area contributed by atoms with E-state index in [-0.39, 0.29) is 18.4 Å². The number of nitrogens with zero attached hydrogens (tertiary/aromatic N) is 1. The van der Waals surface area contributed by atoms with Gasteiger partial charge in [0, 0.05) is 22.9 Å². The first-order valence-corrected chi connectivity index (χ1v) is 10.0. The van der Waals surface area contributed by atoms with Gasteiger partial charge in [-0.25, -0.2) is 0 Å². The van der Waals surface area contributed by atoms with Gasteiger partial charge >= 0.3 is 5.97 Å². The molecular formula is C18H23ClN2O4S. The maximum atomic E-state index is 12.7. The Morgan fingerprint density at radius 1 is 1.27 bits per heavy atom. The Bertz CT molecular complexity index is 676. The van der Waals surface area contributed by atoms with Crippen molar-refractivity contribution in [2.75, 3.05) is 18.2 Å². The molecule has 0 aromatic heterocycles. The molecule has 1 unspecified atom stereocenters. The maximum Gasteiger partial charge on any atom is 0.311 e. The first-order valence-electron chi connectivity index (χ1n) is 8.50. The van der Waals surface area contributed by atoms with E-state index in [1.54, 1.807) is 38.1 Å². The van der Waals surface area contributed by atoms with Crippen molar-refractivity contribution in [3.63, 3.8) is 0 Å². The van der Waals surface area contributed by atoms with Crippen LogP contribution in [0.4, 0.5) is 0 Å². The van der Waals surface area contributed by atoms with E-state index in [9.17, 15) is 19.5 Å². The number of benzene rings is 1. The molecule has 1 fully saturated rings. The number of hydrogen-bond donors (Lipinski definition) is 2. The van der Waals surface area contributed by atoms with E-state index in [0.717, 1.165) is 0 Å². The lowest BCUT2D eigenvalue weighted by atomic mass is 9.82. The van der Waals surface area contributed by atoms with Crippen molar-refractivity contribution in [1.82, 2.24) is 10.2 Å².